The number of nitrogens with zero attached hydrogens (tertiary/aromatic N) is 1. The number of urea groups is 1. The number of amides is 2. The van der Waals surface area contributed by atoms with Gasteiger partial charge in [0.05, 0.1) is 5.69 Å². The molecule has 2 rings (SSSR count). The molecule has 1 heterocycles. The van der Waals surface area contributed by atoms with Gasteiger partial charge in [-0.05, 0) is 18.2 Å². The summed E-state index contributed by atoms with van der Waals surface area (Å²) in [6, 6.07) is 4.02. The molecule has 3 N–H and O–H groups in total. The molecular weight excluding hydrogens is 423 g/mol. The van der Waals surface area contributed by atoms with Gasteiger partial charge < -0.3 is 11.1 Å². The number of hydrogen-bond acceptors (Lipinski definition) is 2. The third-order valence-corrected chi connectivity index (χ3v) is 2.12. The number of carbonyl (C=O) groups is 1. The molecule has 15 heavy (non-hydrogen) atoms. The van der Waals surface area contributed by atoms with E-state index in [1.807, 2.05) is 0 Å². The van der Waals surface area contributed by atoms with Crippen LogP contribution in [0.15, 0.2) is 18.2 Å². The van der Waals surface area contributed by atoms with E-state index in [0.717, 1.165) is 0 Å². The van der Waals surface area contributed by atoms with Gasteiger partial charge in [0.25, 0.3) is 0 Å². The number of nitrogens with one attached hydrogen (secondary N) is 1. The Bertz CT molecular complexity index is 386. The zero-order valence-electron chi connectivity index (χ0n) is 7.96. The summed E-state index contributed by atoms with van der Waals surface area (Å²) in [4.78, 5) is 12.6. The fraction of sp³-hybridized carbons (Fsp3) is 0.222. The Morgan fingerprint density at radius 1 is 1.47 bits per heavy atom. The number of rotatable bonds is 1. The predicted molar refractivity (Wildman–Crippen MR) is 51.6 cm³/mol. The second-order valence-electron chi connectivity index (χ2n) is 3.09. The Hall–Kier alpha value is -0.728. The number of nitrogens with two attached hydrogens (primary N) is 1. The molecule has 1 aromatic carbocycles. The van der Waals surface area contributed by atoms with E-state index < -0.39 is 5.82 Å². The molecule has 4 nitrogen and oxygen atoms in total. The predicted octanol–water partition coefficient (Wildman–Crippen LogP) is 0.938. The first-order valence-corrected chi connectivity index (χ1v) is 4.29. The van der Waals surface area contributed by atoms with E-state index in [1.54, 1.807) is 6.07 Å². The SMILES string of the molecule is Nc1ccc(N2CCNC2=O)c(F)c1.[U]. The molecule has 78 valence electrons. The van der Waals surface area contributed by atoms with Crippen LogP contribution in [0.4, 0.5) is 20.6 Å². The maximum atomic E-state index is 13.4. The second-order valence-corrected chi connectivity index (χ2v) is 3.09. The minimum absolute atomic E-state index is 0. The number of carbonyl (C=O) groups excluding carboxylic acids is 1. The molecule has 0 spiro atoms. The van der Waals surface area contributed by atoms with Crippen LogP contribution in [0, 0.1) is 36.9 Å². The van der Waals surface area contributed by atoms with Crippen LogP contribution in [-0.2, 0) is 0 Å². The number of hydrogen-bond donors (Lipinski definition) is 2. The summed E-state index contributed by atoms with van der Waals surface area (Å²) >= 11 is 0. The topological polar surface area (TPSA) is 58.4 Å². The normalized spacial score (nSPS) is 14.7. The van der Waals surface area contributed by atoms with Gasteiger partial charge in [-0.25, -0.2) is 9.18 Å². The van der Waals surface area contributed by atoms with Gasteiger partial charge in [0.15, 0.2) is 0 Å². The Morgan fingerprint density at radius 3 is 2.73 bits per heavy atom. The van der Waals surface area contributed by atoms with Gasteiger partial charge >= 0.3 is 6.03 Å². The molecule has 0 saturated carbocycles. The van der Waals surface area contributed by atoms with Crippen molar-refractivity contribution in [3.05, 3.63) is 24.0 Å². The van der Waals surface area contributed by atoms with Crippen molar-refractivity contribution < 1.29 is 40.3 Å². The Balaban J connectivity index is 0.00000112. The Morgan fingerprint density at radius 2 is 2.20 bits per heavy atom. The first-order chi connectivity index (χ1) is 6.68. The summed E-state index contributed by atoms with van der Waals surface area (Å²) in [5.41, 5.74) is 6.03. The zero-order chi connectivity index (χ0) is 10.1. The average Bonchev–Trinajstić information content (AvgIpc) is 2.52. The van der Waals surface area contributed by atoms with E-state index in [0.29, 0.717) is 18.8 Å². The van der Waals surface area contributed by atoms with E-state index in [1.165, 1.54) is 17.0 Å². The van der Waals surface area contributed by atoms with Crippen LogP contribution in [0.3, 0.4) is 0 Å². The fourth-order valence-corrected chi connectivity index (χ4v) is 1.44. The third-order valence-electron chi connectivity index (χ3n) is 2.12. The van der Waals surface area contributed by atoms with Gasteiger partial charge in [0.2, 0.25) is 0 Å². The van der Waals surface area contributed by atoms with Gasteiger partial charge in [-0.3, -0.25) is 4.90 Å². The van der Waals surface area contributed by atoms with Gasteiger partial charge in [-0.2, -0.15) is 0 Å². The molecule has 0 radical (unpaired) electrons. The van der Waals surface area contributed by atoms with E-state index in [2.05, 4.69) is 5.32 Å². The molecule has 6 heteroatoms. The maximum Gasteiger partial charge on any atom is 0.322 e. The summed E-state index contributed by atoms with van der Waals surface area (Å²) in [6.45, 7) is 1.03. The summed E-state index contributed by atoms with van der Waals surface area (Å²) < 4.78 is 13.4. The molecule has 1 fully saturated rings. The molecule has 1 aliphatic heterocycles. The molecule has 0 bridgehead atoms. The van der Waals surface area contributed by atoms with Crippen LogP contribution in [0.5, 0.6) is 0 Å². The van der Waals surface area contributed by atoms with E-state index in [-0.39, 0.29) is 42.8 Å². The molecule has 0 aromatic heterocycles. The van der Waals surface area contributed by atoms with Crippen molar-refractivity contribution in [2.24, 2.45) is 0 Å². The molecule has 0 aliphatic carbocycles. The molecule has 1 aliphatic rings. The van der Waals surface area contributed by atoms with E-state index in [4.69, 9.17) is 5.73 Å². The first kappa shape index (κ1) is 12.3. The van der Waals surface area contributed by atoms with Crippen LogP contribution in [0.25, 0.3) is 0 Å². The first-order valence-electron chi connectivity index (χ1n) is 4.29. The third kappa shape index (κ3) is 2.44. The van der Waals surface area contributed by atoms with Crippen LogP contribution in [-0.4, -0.2) is 19.1 Å². The minimum atomic E-state index is -0.470. The van der Waals surface area contributed by atoms with Crippen molar-refractivity contribution in [1.29, 1.82) is 0 Å². The van der Waals surface area contributed by atoms with Crippen LogP contribution in [0.1, 0.15) is 0 Å². The second kappa shape index (κ2) is 4.86. The average molecular weight is 433 g/mol. The van der Waals surface area contributed by atoms with Gasteiger partial charge in [-0.1, -0.05) is 0 Å². The van der Waals surface area contributed by atoms with Crippen molar-refractivity contribution in [3.8, 4) is 0 Å². The maximum absolute atomic E-state index is 13.4. The largest absolute Gasteiger partial charge is 0.399 e. The Labute approximate surface area is 110 Å². The number of nitrogen functional groups attached to an aromatic ring is 1. The number of halogens is 1. The van der Waals surface area contributed by atoms with E-state index in [9.17, 15) is 9.18 Å². The standard InChI is InChI=1S/C9H10FN3O.U/c10-7-5-6(11)1-2-8(7)13-4-3-12-9(13)14;/h1-2,5H,3-4,11H2,(H,12,14);. The van der Waals surface area contributed by atoms with E-state index >= 15 is 0 Å². The minimum Gasteiger partial charge on any atom is -0.399 e. The van der Waals surface area contributed by atoms with Crippen LogP contribution in [0.2, 0.25) is 0 Å². The fourth-order valence-electron chi connectivity index (χ4n) is 1.44. The molecule has 0 atom stereocenters. The monoisotopic (exact) mass is 433 g/mol. The van der Waals surface area contributed by atoms with Crippen LogP contribution < -0.4 is 16.0 Å². The van der Waals surface area contributed by atoms with Crippen molar-refractivity contribution in [1.82, 2.24) is 5.32 Å². The number of anilines is 2. The Kier molecular flexibility index (Phi) is 4.00. The van der Waals surface area contributed by atoms with Gasteiger partial charge in [0.1, 0.15) is 5.82 Å². The smallest absolute Gasteiger partial charge is 0.322 e. The molecule has 1 aromatic rings. The molecule has 2 amide bonds. The zero-order valence-corrected chi connectivity index (χ0v) is 12.1. The molecular formula is C9H10FN3OU. The summed E-state index contributed by atoms with van der Waals surface area (Å²) in [5.74, 6) is -0.470. The van der Waals surface area contributed by atoms with Crippen molar-refractivity contribution in [2.75, 3.05) is 23.7 Å². The van der Waals surface area contributed by atoms with Gasteiger partial charge in [0, 0.05) is 49.9 Å². The number of benzene rings is 1. The van der Waals surface area contributed by atoms with Crippen molar-refractivity contribution >= 4 is 17.4 Å². The van der Waals surface area contributed by atoms with Crippen molar-refractivity contribution in [3.63, 3.8) is 0 Å². The summed E-state index contributed by atoms with van der Waals surface area (Å²) in [7, 11) is 0. The molecule has 0 unspecified atom stereocenters. The van der Waals surface area contributed by atoms with Crippen LogP contribution >= 0.6 is 0 Å². The molecule has 1 saturated heterocycles. The summed E-state index contributed by atoms with van der Waals surface area (Å²) in [5, 5.41) is 2.60. The van der Waals surface area contributed by atoms with Crippen molar-refractivity contribution in [2.45, 2.75) is 0 Å². The summed E-state index contributed by atoms with van der Waals surface area (Å²) in [6.07, 6.45) is 0. The quantitative estimate of drug-likeness (QED) is 0.648. The van der Waals surface area contributed by atoms with Gasteiger partial charge in [-0.15, -0.1) is 0 Å².